The molecule has 35 heavy (non-hydrogen) atoms. The van der Waals surface area contributed by atoms with Gasteiger partial charge in [0.05, 0.1) is 17.5 Å². The molecule has 0 radical (unpaired) electrons. The maximum Gasteiger partial charge on any atom is 0.333 e. The fourth-order valence-corrected chi connectivity index (χ4v) is 6.72. The van der Waals surface area contributed by atoms with Crippen molar-refractivity contribution in [2.75, 3.05) is 25.1 Å². The van der Waals surface area contributed by atoms with Crippen molar-refractivity contribution in [2.45, 2.75) is 63.1 Å². The summed E-state index contributed by atoms with van der Waals surface area (Å²) in [5.74, 6) is 0.763. The quantitative estimate of drug-likeness (QED) is 0.683. The van der Waals surface area contributed by atoms with Crippen LogP contribution in [0.5, 0.6) is 0 Å². The Labute approximate surface area is 206 Å². The van der Waals surface area contributed by atoms with Crippen molar-refractivity contribution >= 4 is 34.6 Å². The number of thioether (sulfide) groups is 1. The van der Waals surface area contributed by atoms with Crippen molar-refractivity contribution < 1.29 is 14.0 Å². The highest BCUT2D eigenvalue weighted by atomic mass is 32.2. The van der Waals surface area contributed by atoms with Crippen LogP contribution < -0.4 is 16.6 Å². The standard InChI is InChI=1S/C24H30FN5O4S/c1-28-13-14(10-20(28)31)22(32)27-16-2-4-17(5-3-16)30-23(33)19-11-15(25)12-26-21(19)29(24(30)34)18-6-8-35-9-7-18/h11-12,14,16-18H,2-10,13H2,1H3,(H,27,32). The highest BCUT2D eigenvalue weighted by Crippen LogP contribution is 2.30. The zero-order chi connectivity index (χ0) is 24.7. The molecule has 0 spiro atoms. The molecule has 0 bridgehead atoms. The molecule has 1 unspecified atom stereocenters. The molecule has 0 aromatic carbocycles. The van der Waals surface area contributed by atoms with Gasteiger partial charge in [-0.3, -0.25) is 23.5 Å². The second kappa shape index (κ2) is 9.75. The Balaban J connectivity index is 1.38. The molecule has 4 heterocycles. The van der Waals surface area contributed by atoms with Gasteiger partial charge in [0.1, 0.15) is 11.5 Å². The van der Waals surface area contributed by atoms with E-state index < -0.39 is 11.4 Å². The van der Waals surface area contributed by atoms with Gasteiger partial charge in [-0.05, 0) is 56.1 Å². The summed E-state index contributed by atoms with van der Waals surface area (Å²) in [5.41, 5.74) is -0.622. The number of halogens is 1. The Hall–Kier alpha value is -2.69. The maximum absolute atomic E-state index is 14.0. The van der Waals surface area contributed by atoms with Crippen LogP contribution in [0.15, 0.2) is 21.9 Å². The summed E-state index contributed by atoms with van der Waals surface area (Å²) in [7, 11) is 1.70. The predicted molar refractivity (Wildman–Crippen MR) is 131 cm³/mol. The lowest BCUT2D eigenvalue weighted by Gasteiger charge is -2.32. The van der Waals surface area contributed by atoms with E-state index in [1.54, 1.807) is 16.5 Å². The molecule has 2 aromatic heterocycles. The SMILES string of the molecule is CN1CC(C(=O)NC2CCC(n3c(=O)c4cc(F)cnc4n(C4CCSCC4)c3=O)CC2)CC1=O. The van der Waals surface area contributed by atoms with Gasteiger partial charge >= 0.3 is 5.69 Å². The minimum atomic E-state index is -0.604. The fourth-order valence-electron chi connectivity index (χ4n) is 5.64. The van der Waals surface area contributed by atoms with Gasteiger partial charge in [0, 0.05) is 38.1 Å². The first-order valence-electron chi connectivity index (χ1n) is 12.3. The number of carbonyl (C=O) groups excluding carboxylic acids is 2. The molecular formula is C24H30FN5O4S. The third kappa shape index (κ3) is 4.62. The number of hydrogen-bond acceptors (Lipinski definition) is 6. The van der Waals surface area contributed by atoms with Crippen LogP contribution in [-0.2, 0) is 9.59 Å². The number of pyridine rings is 1. The highest BCUT2D eigenvalue weighted by molar-refractivity contribution is 7.99. The van der Waals surface area contributed by atoms with Gasteiger partial charge in [-0.15, -0.1) is 0 Å². The fraction of sp³-hybridized carbons (Fsp3) is 0.625. The molecule has 1 atom stereocenters. The van der Waals surface area contributed by atoms with E-state index in [2.05, 4.69) is 10.3 Å². The molecule has 3 fully saturated rings. The van der Waals surface area contributed by atoms with Crippen LogP contribution in [0.2, 0.25) is 0 Å². The molecule has 9 nitrogen and oxygen atoms in total. The summed E-state index contributed by atoms with van der Waals surface area (Å²) in [5, 5.41) is 3.19. The molecule has 1 aliphatic carbocycles. The van der Waals surface area contributed by atoms with E-state index in [1.165, 1.54) is 10.6 Å². The number of fused-ring (bicyclic) bond motifs is 1. The average Bonchev–Trinajstić information content (AvgIpc) is 3.19. The van der Waals surface area contributed by atoms with E-state index in [9.17, 15) is 23.6 Å². The lowest BCUT2D eigenvalue weighted by Crippen LogP contribution is -2.47. The van der Waals surface area contributed by atoms with Gasteiger partial charge in [0.2, 0.25) is 11.8 Å². The van der Waals surface area contributed by atoms with Crippen LogP contribution in [0.1, 0.15) is 57.0 Å². The van der Waals surface area contributed by atoms with Gasteiger partial charge in [0.25, 0.3) is 5.56 Å². The van der Waals surface area contributed by atoms with Gasteiger partial charge < -0.3 is 10.2 Å². The number of carbonyl (C=O) groups is 2. The van der Waals surface area contributed by atoms with E-state index in [0.717, 1.165) is 30.5 Å². The molecule has 1 N–H and O–H groups in total. The summed E-state index contributed by atoms with van der Waals surface area (Å²) >= 11 is 1.84. The normalized spacial score (nSPS) is 25.8. The molecule has 11 heteroatoms. The van der Waals surface area contributed by atoms with Crippen molar-refractivity contribution in [3.63, 3.8) is 0 Å². The van der Waals surface area contributed by atoms with E-state index >= 15 is 0 Å². The van der Waals surface area contributed by atoms with Crippen molar-refractivity contribution in [2.24, 2.45) is 5.92 Å². The smallest absolute Gasteiger partial charge is 0.333 e. The van der Waals surface area contributed by atoms with Gasteiger partial charge in [0.15, 0.2) is 0 Å². The number of nitrogens with zero attached hydrogens (tertiary/aromatic N) is 4. The zero-order valence-electron chi connectivity index (χ0n) is 19.7. The van der Waals surface area contributed by atoms with Gasteiger partial charge in [-0.1, -0.05) is 0 Å². The largest absolute Gasteiger partial charge is 0.353 e. The van der Waals surface area contributed by atoms with E-state index in [0.29, 0.717) is 32.2 Å². The first-order valence-corrected chi connectivity index (χ1v) is 13.4. The second-order valence-electron chi connectivity index (χ2n) is 9.89. The number of likely N-dealkylation sites (tertiary alicyclic amines) is 1. The molecule has 2 amide bonds. The summed E-state index contributed by atoms with van der Waals surface area (Å²) in [6.45, 7) is 0.427. The minimum absolute atomic E-state index is 0.0247. The summed E-state index contributed by atoms with van der Waals surface area (Å²) in [4.78, 5) is 57.1. The Morgan fingerprint density at radius 1 is 1.06 bits per heavy atom. The number of aromatic nitrogens is 3. The number of amides is 2. The Morgan fingerprint density at radius 2 is 1.74 bits per heavy atom. The summed E-state index contributed by atoms with van der Waals surface area (Å²) in [6.07, 6.45) is 5.24. The lowest BCUT2D eigenvalue weighted by molar-refractivity contribution is -0.128. The van der Waals surface area contributed by atoms with E-state index in [1.807, 2.05) is 11.8 Å². The van der Waals surface area contributed by atoms with Gasteiger partial charge in [-0.25, -0.2) is 14.2 Å². The predicted octanol–water partition coefficient (Wildman–Crippen LogP) is 1.84. The van der Waals surface area contributed by atoms with Crippen molar-refractivity contribution in [1.29, 1.82) is 0 Å². The van der Waals surface area contributed by atoms with E-state index in [-0.39, 0.29) is 59.0 Å². The Morgan fingerprint density at radius 3 is 2.40 bits per heavy atom. The van der Waals surface area contributed by atoms with Crippen molar-refractivity contribution in [1.82, 2.24) is 24.3 Å². The third-order valence-corrected chi connectivity index (χ3v) is 8.65. The molecule has 3 aliphatic rings. The average molecular weight is 504 g/mol. The second-order valence-corrected chi connectivity index (χ2v) is 11.1. The molecule has 1 saturated carbocycles. The van der Waals surface area contributed by atoms with Crippen molar-refractivity contribution in [3.8, 4) is 0 Å². The van der Waals surface area contributed by atoms with Crippen molar-refractivity contribution in [3.05, 3.63) is 38.9 Å². The number of nitrogens with one attached hydrogen (secondary N) is 1. The van der Waals surface area contributed by atoms with Crippen LogP contribution >= 0.6 is 11.8 Å². The monoisotopic (exact) mass is 503 g/mol. The molecule has 2 aliphatic heterocycles. The lowest BCUT2D eigenvalue weighted by atomic mass is 9.90. The maximum atomic E-state index is 14.0. The van der Waals surface area contributed by atoms with Crippen LogP contribution in [0.4, 0.5) is 4.39 Å². The zero-order valence-corrected chi connectivity index (χ0v) is 20.6. The first kappa shape index (κ1) is 24.0. The topological polar surface area (TPSA) is 106 Å². The van der Waals surface area contributed by atoms with Crippen LogP contribution in [-0.4, -0.2) is 62.0 Å². The molecule has 5 rings (SSSR count). The minimum Gasteiger partial charge on any atom is -0.353 e. The molecule has 2 aromatic rings. The highest BCUT2D eigenvalue weighted by Gasteiger charge is 2.34. The molecule has 188 valence electrons. The number of rotatable bonds is 4. The van der Waals surface area contributed by atoms with Gasteiger partial charge in [-0.2, -0.15) is 11.8 Å². The van der Waals surface area contributed by atoms with Crippen LogP contribution in [0, 0.1) is 11.7 Å². The third-order valence-electron chi connectivity index (χ3n) is 7.60. The van der Waals surface area contributed by atoms with E-state index in [4.69, 9.17) is 0 Å². The summed E-state index contributed by atoms with van der Waals surface area (Å²) < 4.78 is 17.0. The van der Waals surface area contributed by atoms with Crippen LogP contribution in [0.3, 0.4) is 0 Å². The first-order chi connectivity index (χ1) is 16.8. The van der Waals surface area contributed by atoms with Crippen LogP contribution in [0.25, 0.3) is 11.0 Å². The Kier molecular flexibility index (Phi) is 6.69. The summed E-state index contributed by atoms with van der Waals surface area (Å²) in [6, 6.07) is 0.728. The molecule has 2 saturated heterocycles. The molecular weight excluding hydrogens is 473 g/mol. The number of hydrogen-bond donors (Lipinski definition) is 1. The Bertz CT molecular complexity index is 1260.